The highest BCUT2D eigenvalue weighted by Crippen LogP contribution is 2.18. The van der Waals surface area contributed by atoms with Gasteiger partial charge in [-0.15, -0.1) is 0 Å². The third kappa shape index (κ3) is 6.63. The van der Waals surface area contributed by atoms with E-state index in [1.165, 1.54) is 11.3 Å². The maximum atomic E-state index is 5.70. The highest BCUT2D eigenvalue weighted by atomic mass is 32.1. The zero-order valence-electron chi connectivity index (χ0n) is 15.4. The fraction of sp³-hybridized carbons (Fsp3) is 0.350. The lowest BCUT2D eigenvalue weighted by Crippen LogP contribution is -2.35. The molecule has 0 aliphatic carbocycles. The Morgan fingerprint density at radius 3 is 2.56 bits per heavy atom. The molecular formula is C20H27N3OS. The normalized spacial score (nSPS) is 10.4. The van der Waals surface area contributed by atoms with E-state index in [1.807, 2.05) is 38.1 Å². The maximum absolute atomic E-state index is 5.70. The fourth-order valence-corrected chi connectivity index (χ4v) is 2.58. The second-order valence-electron chi connectivity index (χ2n) is 6.33. The highest BCUT2D eigenvalue weighted by Gasteiger charge is 2.03. The molecule has 0 amide bonds. The van der Waals surface area contributed by atoms with E-state index in [2.05, 4.69) is 53.8 Å². The fourth-order valence-electron chi connectivity index (χ4n) is 2.36. The summed E-state index contributed by atoms with van der Waals surface area (Å²) in [6.07, 6.45) is 0.151. The molecule has 0 heterocycles. The zero-order valence-corrected chi connectivity index (χ0v) is 16.2. The van der Waals surface area contributed by atoms with Crippen molar-refractivity contribution >= 4 is 28.7 Å². The molecule has 0 saturated carbocycles. The third-order valence-corrected chi connectivity index (χ3v) is 3.92. The average Bonchev–Trinajstić information content (AvgIpc) is 2.55. The summed E-state index contributed by atoms with van der Waals surface area (Å²) in [6.45, 7) is 7.74. The summed E-state index contributed by atoms with van der Waals surface area (Å²) < 4.78 is 5.70. The number of aryl methyl sites for hydroxylation is 1. The molecule has 0 saturated heterocycles. The van der Waals surface area contributed by atoms with Crippen molar-refractivity contribution < 1.29 is 4.74 Å². The van der Waals surface area contributed by atoms with Gasteiger partial charge < -0.3 is 20.3 Å². The first kappa shape index (κ1) is 19.1. The van der Waals surface area contributed by atoms with Crippen LogP contribution in [0.4, 0.5) is 11.4 Å². The molecule has 5 heteroatoms. The first-order valence-corrected chi connectivity index (χ1v) is 8.94. The monoisotopic (exact) mass is 357 g/mol. The van der Waals surface area contributed by atoms with Crippen LogP contribution in [0.25, 0.3) is 0 Å². The second-order valence-corrected chi connectivity index (χ2v) is 6.74. The van der Waals surface area contributed by atoms with Crippen LogP contribution < -0.4 is 20.3 Å². The molecule has 2 aromatic carbocycles. The van der Waals surface area contributed by atoms with Crippen molar-refractivity contribution in [3.8, 4) is 5.75 Å². The lowest BCUT2D eigenvalue weighted by Gasteiger charge is -2.20. The predicted molar refractivity (Wildman–Crippen MR) is 111 cm³/mol. The summed E-state index contributed by atoms with van der Waals surface area (Å²) in [7, 11) is 2.08. The molecule has 0 spiro atoms. The molecular weight excluding hydrogens is 330 g/mol. The number of benzene rings is 2. The van der Waals surface area contributed by atoms with Gasteiger partial charge in [-0.05, 0) is 57.3 Å². The van der Waals surface area contributed by atoms with E-state index in [9.17, 15) is 0 Å². The molecule has 4 nitrogen and oxygen atoms in total. The van der Waals surface area contributed by atoms with Gasteiger partial charge in [0.05, 0.1) is 6.10 Å². The number of anilines is 2. The molecule has 25 heavy (non-hydrogen) atoms. The van der Waals surface area contributed by atoms with E-state index >= 15 is 0 Å². The van der Waals surface area contributed by atoms with Gasteiger partial charge in [0, 0.05) is 37.6 Å². The lowest BCUT2D eigenvalue weighted by atomic mass is 10.2. The van der Waals surface area contributed by atoms with E-state index in [0.717, 1.165) is 24.5 Å². The maximum Gasteiger partial charge on any atom is 0.170 e. The number of thiocarbonyl (C=S) groups is 1. The molecule has 0 radical (unpaired) electrons. The molecule has 2 aromatic rings. The van der Waals surface area contributed by atoms with Crippen molar-refractivity contribution in [1.82, 2.24) is 5.32 Å². The van der Waals surface area contributed by atoms with Crippen LogP contribution >= 0.6 is 12.2 Å². The van der Waals surface area contributed by atoms with Crippen molar-refractivity contribution in [2.24, 2.45) is 0 Å². The molecule has 0 bridgehead atoms. The quantitative estimate of drug-likeness (QED) is 0.726. The summed E-state index contributed by atoms with van der Waals surface area (Å²) in [5.41, 5.74) is 3.39. The molecule has 2 N–H and O–H groups in total. The largest absolute Gasteiger partial charge is 0.491 e. The van der Waals surface area contributed by atoms with Crippen molar-refractivity contribution in [2.75, 3.05) is 30.4 Å². The topological polar surface area (TPSA) is 36.5 Å². The van der Waals surface area contributed by atoms with Crippen LogP contribution in [0, 0.1) is 6.92 Å². The van der Waals surface area contributed by atoms with Gasteiger partial charge in [-0.3, -0.25) is 0 Å². The Hall–Kier alpha value is -2.27. The SMILES string of the molecule is Cc1ccc(N(C)CCNC(=S)Nc2cccc(OC(C)C)c2)cc1. The van der Waals surface area contributed by atoms with Crippen molar-refractivity contribution in [1.29, 1.82) is 0 Å². The summed E-state index contributed by atoms with van der Waals surface area (Å²) in [5, 5.41) is 7.05. The number of ether oxygens (including phenoxy) is 1. The average molecular weight is 358 g/mol. The van der Waals surface area contributed by atoms with Gasteiger partial charge in [-0.25, -0.2) is 0 Å². The minimum atomic E-state index is 0.151. The number of nitrogens with one attached hydrogen (secondary N) is 2. The van der Waals surface area contributed by atoms with Crippen LogP contribution in [0.5, 0.6) is 5.75 Å². The summed E-state index contributed by atoms with van der Waals surface area (Å²) in [4.78, 5) is 2.20. The Balaban J connectivity index is 1.78. The molecule has 0 aliphatic heterocycles. The van der Waals surface area contributed by atoms with Crippen LogP contribution in [-0.2, 0) is 0 Å². The Labute approximate surface area is 156 Å². The number of hydrogen-bond donors (Lipinski definition) is 2. The predicted octanol–water partition coefficient (Wildman–Crippen LogP) is 4.21. The Kier molecular flexibility index (Phi) is 7.07. The van der Waals surface area contributed by atoms with Crippen LogP contribution in [0.1, 0.15) is 19.4 Å². The zero-order chi connectivity index (χ0) is 18.2. The molecule has 0 aromatic heterocycles. The van der Waals surface area contributed by atoms with E-state index < -0.39 is 0 Å². The molecule has 0 atom stereocenters. The minimum absolute atomic E-state index is 0.151. The molecule has 0 fully saturated rings. The van der Waals surface area contributed by atoms with E-state index in [4.69, 9.17) is 17.0 Å². The standard InChI is InChI=1S/C20H27N3OS/c1-15(2)24-19-7-5-6-17(14-19)22-20(25)21-12-13-23(4)18-10-8-16(3)9-11-18/h5-11,14-15H,12-13H2,1-4H3,(H2,21,22,25). The second kappa shape index (κ2) is 9.28. The summed E-state index contributed by atoms with van der Waals surface area (Å²) in [5.74, 6) is 0.835. The molecule has 0 unspecified atom stereocenters. The van der Waals surface area contributed by atoms with Crippen LogP contribution in [0.3, 0.4) is 0 Å². The Bertz CT molecular complexity index is 686. The lowest BCUT2D eigenvalue weighted by molar-refractivity contribution is 0.242. The van der Waals surface area contributed by atoms with Gasteiger partial charge in [0.15, 0.2) is 5.11 Å². The van der Waals surface area contributed by atoms with Crippen molar-refractivity contribution in [3.05, 3.63) is 54.1 Å². The highest BCUT2D eigenvalue weighted by molar-refractivity contribution is 7.80. The summed E-state index contributed by atoms with van der Waals surface area (Å²) in [6, 6.07) is 16.3. The van der Waals surface area contributed by atoms with Crippen molar-refractivity contribution in [3.63, 3.8) is 0 Å². The first-order valence-electron chi connectivity index (χ1n) is 8.53. The van der Waals surface area contributed by atoms with Gasteiger partial charge in [0.1, 0.15) is 5.75 Å². The molecule has 134 valence electrons. The van der Waals surface area contributed by atoms with E-state index in [1.54, 1.807) is 0 Å². The van der Waals surface area contributed by atoms with Crippen LogP contribution in [0.15, 0.2) is 48.5 Å². The van der Waals surface area contributed by atoms with Gasteiger partial charge >= 0.3 is 0 Å². The molecule has 2 rings (SSSR count). The third-order valence-electron chi connectivity index (χ3n) is 3.67. The number of rotatable bonds is 7. The number of hydrogen-bond acceptors (Lipinski definition) is 3. The first-order chi connectivity index (χ1) is 11.9. The van der Waals surface area contributed by atoms with E-state index in [0.29, 0.717) is 5.11 Å². The van der Waals surface area contributed by atoms with Crippen LogP contribution in [0.2, 0.25) is 0 Å². The van der Waals surface area contributed by atoms with E-state index in [-0.39, 0.29) is 6.10 Å². The Morgan fingerprint density at radius 1 is 1.16 bits per heavy atom. The van der Waals surface area contributed by atoms with Gasteiger partial charge in [0.2, 0.25) is 0 Å². The van der Waals surface area contributed by atoms with Gasteiger partial charge in [0.25, 0.3) is 0 Å². The summed E-state index contributed by atoms with van der Waals surface area (Å²) >= 11 is 5.37. The molecule has 0 aliphatic rings. The number of likely N-dealkylation sites (N-methyl/N-ethyl adjacent to an activating group) is 1. The van der Waals surface area contributed by atoms with Gasteiger partial charge in [-0.2, -0.15) is 0 Å². The van der Waals surface area contributed by atoms with Crippen LogP contribution in [-0.4, -0.2) is 31.4 Å². The van der Waals surface area contributed by atoms with Gasteiger partial charge in [-0.1, -0.05) is 23.8 Å². The number of nitrogens with zero attached hydrogens (tertiary/aromatic N) is 1. The smallest absolute Gasteiger partial charge is 0.170 e. The Morgan fingerprint density at radius 2 is 1.88 bits per heavy atom. The van der Waals surface area contributed by atoms with Crippen molar-refractivity contribution in [2.45, 2.75) is 26.9 Å². The minimum Gasteiger partial charge on any atom is -0.491 e.